The number of carbonyl (C=O) groups is 1. The average Bonchev–Trinajstić information content (AvgIpc) is 2.40. The molecule has 0 aliphatic rings. The number of benzene rings is 2. The summed E-state index contributed by atoms with van der Waals surface area (Å²) in [5.41, 5.74) is 1.31. The molecular weight excluding hydrogens is 267 g/mol. The van der Waals surface area contributed by atoms with Crippen molar-refractivity contribution in [1.29, 1.82) is 0 Å². The summed E-state index contributed by atoms with van der Waals surface area (Å²) >= 11 is 5.90. The van der Waals surface area contributed by atoms with E-state index in [1.165, 1.54) is 24.3 Å². The molecule has 0 heterocycles. The van der Waals surface area contributed by atoms with Crippen molar-refractivity contribution < 1.29 is 13.9 Å². The minimum absolute atomic E-state index is 0.0906. The molecule has 2 nitrogen and oxygen atoms in total. The largest absolute Gasteiger partial charge is 0.485 e. The van der Waals surface area contributed by atoms with E-state index in [9.17, 15) is 9.18 Å². The highest BCUT2D eigenvalue weighted by Crippen LogP contribution is 2.21. The van der Waals surface area contributed by atoms with Gasteiger partial charge in [-0.05, 0) is 55.0 Å². The number of Topliss-reactive ketones (excluding diaryl/α,β-unsaturated/α-hetero) is 1. The van der Waals surface area contributed by atoms with Gasteiger partial charge in [0.15, 0.2) is 12.4 Å². The maximum absolute atomic E-state index is 12.7. The van der Waals surface area contributed by atoms with Gasteiger partial charge in [-0.2, -0.15) is 0 Å². The fraction of sp³-hybridized carbons (Fsp3) is 0.133. The third-order valence-electron chi connectivity index (χ3n) is 2.67. The second-order valence-corrected chi connectivity index (χ2v) is 4.54. The molecule has 19 heavy (non-hydrogen) atoms. The van der Waals surface area contributed by atoms with E-state index in [-0.39, 0.29) is 18.2 Å². The lowest BCUT2D eigenvalue weighted by atomic mass is 10.1. The Hall–Kier alpha value is -1.87. The van der Waals surface area contributed by atoms with E-state index in [4.69, 9.17) is 16.3 Å². The van der Waals surface area contributed by atoms with Crippen molar-refractivity contribution in [3.05, 3.63) is 64.4 Å². The van der Waals surface area contributed by atoms with Gasteiger partial charge in [0.1, 0.15) is 11.6 Å². The molecule has 0 radical (unpaired) electrons. The van der Waals surface area contributed by atoms with Crippen LogP contribution in [0.5, 0.6) is 5.75 Å². The molecule has 98 valence electrons. The van der Waals surface area contributed by atoms with Crippen LogP contribution < -0.4 is 4.74 Å². The first-order valence-corrected chi connectivity index (χ1v) is 6.12. The van der Waals surface area contributed by atoms with Gasteiger partial charge in [0.05, 0.1) is 0 Å². The van der Waals surface area contributed by atoms with E-state index in [1.54, 1.807) is 18.2 Å². The zero-order valence-corrected chi connectivity index (χ0v) is 11.1. The first kappa shape index (κ1) is 13.6. The lowest BCUT2D eigenvalue weighted by Crippen LogP contribution is -2.11. The van der Waals surface area contributed by atoms with Crippen molar-refractivity contribution in [1.82, 2.24) is 0 Å². The van der Waals surface area contributed by atoms with E-state index >= 15 is 0 Å². The van der Waals surface area contributed by atoms with Crippen LogP contribution in [0, 0.1) is 12.7 Å². The minimum Gasteiger partial charge on any atom is -0.485 e. The topological polar surface area (TPSA) is 26.3 Å². The SMILES string of the molecule is Cc1cc(OCC(=O)c2ccc(F)cc2)ccc1Cl. The zero-order chi connectivity index (χ0) is 13.8. The molecule has 0 saturated carbocycles. The molecule has 0 saturated heterocycles. The maximum Gasteiger partial charge on any atom is 0.200 e. The minimum atomic E-state index is -0.370. The van der Waals surface area contributed by atoms with Gasteiger partial charge < -0.3 is 4.74 Å². The molecule has 2 rings (SSSR count). The Balaban J connectivity index is 2.00. The van der Waals surface area contributed by atoms with Gasteiger partial charge in [0, 0.05) is 10.6 Å². The Morgan fingerprint density at radius 3 is 2.53 bits per heavy atom. The van der Waals surface area contributed by atoms with E-state index in [1.807, 2.05) is 6.92 Å². The number of rotatable bonds is 4. The predicted octanol–water partition coefficient (Wildman–Crippen LogP) is 4.05. The Morgan fingerprint density at radius 2 is 1.89 bits per heavy atom. The van der Waals surface area contributed by atoms with Crippen molar-refractivity contribution in [2.45, 2.75) is 6.92 Å². The van der Waals surface area contributed by atoms with Crippen LogP contribution in [0.3, 0.4) is 0 Å². The fourth-order valence-electron chi connectivity index (χ4n) is 1.57. The summed E-state index contributed by atoms with van der Waals surface area (Å²) in [5, 5.41) is 0.650. The molecule has 4 heteroatoms. The Bertz CT molecular complexity index is 594. The van der Waals surface area contributed by atoms with Gasteiger partial charge in [-0.3, -0.25) is 4.79 Å². The number of hydrogen-bond acceptors (Lipinski definition) is 2. The average molecular weight is 279 g/mol. The lowest BCUT2D eigenvalue weighted by molar-refractivity contribution is 0.0921. The Kier molecular flexibility index (Phi) is 4.17. The molecule has 2 aromatic carbocycles. The molecule has 0 spiro atoms. The quantitative estimate of drug-likeness (QED) is 0.789. The van der Waals surface area contributed by atoms with Crippen LogP contribution in [0.15, 0.2) is 42.5 Å². The molecule has 2 aromatic rings. The molecule has 0 N–H and O–H groups in total. The molecule has 0 aliphatic carbocycles. The van der Waals surface area contributed by atoms with E-state index in [2.05, 4.69) is 0 Å². The van der Waals surface area contributed by atoms with E-state index in [0.717, 1.165) is 5.56 Å². The van der Waals surface area contributed by atoms with Gasteiger partial charge in [-0.25, -0.2) is 4.39 Å². The zero-order valence-electron chi connectivity index (χ0n) is 10.3. The van der Waals surface area contributed by atoms with Crippen molar-refractivity contribution in [2.75, 3.05) is 6.61 Å². The smallest absolute Gasteiger partial charge is 0.200 e. The van der Waals surface area contributed by atoms with Crippen molar-refractivity contribution >= 4 is 17.4 Å². The maximum atomic E-state index is 12.7. The first-order chi connectivity index (χ1) is 9.06. The number of hydrogen-bond donors (Lipinski definition) is 0. The molecule has 0 aromatic heterocycles. The number of aryl methyl sites for hydroxylation is 1. The van der Waals surface area contributed by atoms with Crippen molar-refractivity contribution in [3.63, 3.8) is 0 Å². The predicted molar refractivity (Wildman–Crippen MR) is 72.4 cm³/mol. The standard InChI is InChI=1S/C15H12ClFO2/c1-10-8-13(6-7-14(10)16)19-9-15(18)11-2-4-12(17)5-3-11/h2-8H,9H2,1H3. The highest BCUT2D eigenvalue weighted by molar-refractivity contribution is 6.31. The summed E-state index contributed by atoms with van der Waals surface area (Å²) in [6.45, 7) is 1.77. The molecule has 0 aliphatic heterocycles. The highest BCUT2D eigenvalue weighted by Gasteiger charge is 2.07. The summed E-state index contributed by atoms with van der Waals surface area (Å²) in [7, 11) is 0. The number of ketones is 1. The van der Waals surface area contributed by atoms with Gasteiger partial charge in [0.2, 0.25) is 0 Å². The first-order valence-electron chi connectivity index (χ1n) is 5.74. The van der Waals surface area contributed by atoms with Crippen LogP contribution in [-0.4, -0.2) is 12.4 Å². The van der Waals surface area contributed by atoms with Gasteiger partial charge in [-0.15, -0.1) is 0 Å². The van der Waals surface area contributed by atoms with Crippen LogP contribution in [0.25, 0.3) is 0 Å². The van der Waals surface area contributed by atoms with Crippen LogP contribution >= 0.6 is 11.6 Å². The van der Waals surface area contributed by atoms with Gasteiger partial charge >= 0.3 is 0 Å². The third-order valence-corrected chi connectivity index (χ3v) is 3.09. The summed E-state index contributed by atoms with van der Waals surface area (Å²) in [6, 6.07) is 10.6. The summed E-state index contributed by atoms with van der Waals surface area (Å²) in [5.74, 6) is 0.00996. The molecule has 0 atom stereocenters. The van der Waals surface area contributed by atoms with Crippen LogP contribution in [0.1, 0.15) is 15.9 Å². The number of ether oxygens (including phenoxy) is 1. The molecule has 0 unspecified atom stereocenters. The molecule has 0 amide bonds. The van der Waals surface area contributed by atoms with E-state index in [0.29, 0.717) is 16.3 Å². The van der Waals surface area contributed by atoms with Crippen molar-refractivity contribution in [2.24, 2.45) is 0 Å². The number of carbonyl (C=O) groups excluding carboxylic acids is 1. The van der Waals surface area contributed by atoms with Crippen molar-refractivity contribution in [3.8, 4) is 5.75 Å². The van der Waals surface area contributed by atoms with Crippen LogP contribution in [0.4, 0.5) is 4.39 Å². The van der Waals surface area contributed by atoms with Gasteiger partial charge in [-0.1, -0.05) is 11.6 Å². The second kappa shape index (κ2) is 5.85. The molecule has 0 bridgehead atoms. The normalized spacial score (nSPS) is 10.3. The lowest BCUT2D eigenvalue weighted by Gasteiger charge is -2.07. The monoisotopic (exact) mass is 278 g/mol. The van der Waals surface area contributed by atoms with Gasteiger partial charge in [0.25, 0.3) is 0 Å². The fourth-order valence-corrected chi connectivity index (χ4v) is 1.69. The Morgan fingerprint density at radius 1 is 1.21 bits per heavy atom. The Labute approximate surface area is 115 Å². The molecular formula is C15H12ClFO2. The number of halogens is 2. The van der Waals surface area contributed by atoms with Crippen LogP contribution in [0.2, 0.25) is 5.02 Å². The second-order valence-electron chi connectivity index (χ2n) is 4.13. The van der Waals surface area contributed by atoms with Crippen LogP contribution in [-0.2, 0) is 0 Å². The van der Waals surface area contributed by atoms with E-state index < -0.39 is 0 Å². The highest BCUT2D eigenvalue weighted by atomic mass is 35.5. The third kappa shape index (κ3) is 3.55. The summed E-state index contributed by atoms with van der Waals surface area (Å²) < 4.78 is 18.1. The molecule has 0 fully saturated rings. The summed E-state index contributed by atoms with van der Waals surface area (Å²) in [6.07, 6.45) is 0. The summed E-state index contributed by atoms with van der Waals surface area (Å²) in [4.78, 5) is 11.8.